The summed E-state index contributed by atoms with van der Waals surface area (Å²) < 4.78 is 4.88. The van der Waals surface area contributed by atoms with E-state index in [1.165, 1.54) is 24.1 Å². The first-order chi connectivity index (χ1) is 15.8. The fraction of sp³-hybridized carbons (Fsp3) is 0.375. The summed E-state index contributed by atoms with van der Waals surface area (Å²) in [6.45, 7) is 0.406. The van der Waals surface area contributed by atoms with E-state index in [9.17, 15) is 24.6 Å². The zero-order chi connectivity index (χ0) is 23.7. The number of methoxy groups -OCH3 is 1. The van der Waals surface area contributed by atoms with Gasteiger partial charge in [0, 0.05) is 24.1 Å². The minimum absolute atomic E-state index is 0.0483. The van der Waals surface area contributed by atoms with Crippen LogP contribution in [0.2, 0.25) is 0 Å². The summed E-state index contributed by atoms with van der Waals surface area (Å²) in [5.74, 6) is -1.52. The highest BCUT2D eigenvalue weighted by Gasteiger charge is 2.38. The van der Waals surface area contributed by atoms with Gasteiger partial charge in [-0.3, -0.25) is 9.59 Å². The normalized spacial score (nSPS) is 23.2. The van der Waals surface area contributed by atoms with Gasteiger partial charge < -0.3 is 30.9 Å². The van der Waals surface area contributed by atoms with Gasteiger partial charge in [-0.1, -0.05) is 12.1 Å². The zero-order valence-electron chi connectivity index (χ0n) is 18.3. The van der Waals surface area contributed by atoms with Gasteiger partial charge in [0.25, 0.3) is 0 Å². The second-order valence-electron chi connectivity index (χ2n) is 8.49. The highest BCUT2D eigenvalue weighted by molar-refractivity contribution is 5.92. The monoisotopic (exact) mass is 453 g/mol. The number of fused-ring (bicyclic) bond motifs is 6. The molecule has 0 radical (unpaired) electrons. The van der Waals surface area contributed by atoms with E-state index < -0.39 is 30.0 Å². The molecule has 1 saturated heterocycles. The molecule has 33 heavy (non-hydrogen) atoms. The van der Waals surface area contributed by atoms with Crippen molar-refractivity contribution in [3.63, 3.8) is 0 Å². The van der Waals surface area contributed by atoms with Gasteiger partial charge in [0.1, 0.15) is 23.6 Å². The summed E-state index contributed by atoms with van der Waals surface area (Å²) >= 11 is 0. The van der Waals surface area contributed by atoms with Crippen LogP contribution in [0.1, 0.15) is 24.0 Å². The van der Waals surface area contributed by atoms with Crippen LogP contribution in [0.25, 0.3) is 11.1 Å². The predicted molar refractivity (Wildman–Crippen MR) is 119 cm³/mol. The van der Waals surface area contributed by atoms with E-state index in [0.29, 0.717) is 41.6 Å². The third-order valence-corrected chi connectivity index (χ3v) is 6.27. The lowest BCUT2D eigenvalue weighted by atomic mass is 9.95. The summed E-state index contributed by atoms with van der Waals surface area (Å²) in [6.07, 6.45) is 1.43. The Morgan fingerprint density at radius 2 is 1.67 bits per heavy atom. The third-order valence-electron chi connectivity index (χ3n) is 6.27. The van der Waals surface area contributed by atoms with Gasteiger partial charge in [0.2, 0.25) is 11.8 Å². The standard InChI is InChI=1S/C24H27N3O6/c1-33-24(32)18-12-14-5-7-21(29)16(10-14)15-9-13(4-6-20(15)28)11-17(25)23(31)27-8-2-3-19(27)22(30)26-18/h4-7,9-10,17-19,28-29H,2-3,8,11-12,25H2,1H3,(H,26,30)/t17-,18-,19?/m0/s1. The Bertz CT molecular complexity index is 1100. The van der Waals surface area contributed by atoms with Crippen LogP contribution in [-0.2, 0) is 32.0 Å². The van der Waals surface area contributed by atoms with E-state index in [1.807, 2.05) is 0 Å². The summed E-state index contributed by atoms with van der Waals surface area (Å²) in [4.78, 5) is 40.1. The van der Waals surface area contributed by atoms with Crippen LogP contribution in [-0.4, -0.2) is 64.7 Å². The van der Waals surface area contributed by atoms with Crippen molar-refractivity contribution in [1.82, 2.24) is 10.2 Å². The Hall–Kier alpha value is -3.59. The number of nitrogens with zero attached hydrogens (tertiary/aromatic N) is 1. The van der Waals surface area contributed by atoms with Crippen LogP contribution >= 0.6 is 0 Å². The summed E-state index contributed by atoms with van der Waals surface area (Å²) in [7, 11) is 1.24. The molecule has 5 N–H and O–H groups in total. The molecule has 4 rings (SSSR count). The number of rotatable bonds is 1. The smallest absolute Gasteiger partial charge is 0.328 e. The van der Waals surface area contributed by atoms with Crippen LogP contribution in [0.3, 0.4) is 0 Å². The highest BCUT2D eigenvalue weighted by atomic mass is 16.5. The molecular formula is C24H27N3O6. The van der Waals surface area contributed by atoms with Gasteiger partial charge in [-0.05, 0) is 54.7 Å². The SMILES string of the molecule is COC(=O)[C@@H]1Cc2ccc(O)c(c2)-c2cc(ccc2O)C[C@H](N)C(=O)N2CCCC2C(=O)N1. The van der Waals surface area contributed by atoms with Crippen molar-refractivity contribution >= 4 is 17.8 Å². The number of carbonyl (C=O) groups is 3. The summed E-state index contributed by atoms with van der Waals surface area (Å²) in [6, 6.07) is 7.02. The molecule has 2 aliphatic heterocycles. The molecule has 4 bridgehead atoms. The van der Waals surface area contributed by atoms with E-state index in [0.717, 1.165) is 0 Å². The lowest BCUT2D eigenvalue weighted by Gasteiger charge is -2.28. The van der Waals surface area contributed by atoms with Gasteiger partial charge in [0.15, 0.2) is 0 Å². The number of carbonyl (C=O) groups excluding carboxylic acids is 3. The Balaban J connectivity index is 1.82. The number of ether oxygens (including phenoxy) is 1. The number of phenolic OH excluding ortho intramolecular Hbond substituents is 2. The quantitative estimate of drug-likeness (QED) is 0.469. The van der Waals surface area contributed by atoms with Gasteiger partial charge >= 0.3 is 5.97 Å². The minimum atomic E-state index is -0.990. The molecule has 0 spiro atoms. The number of hydrogen-bond donors (Lipinski definition) is 4. The Kier molecular flexibility index (Phi) is 6.24. The lowest BCUT2D eigenvalue weighted by molar-refractivity contribution is -0.146. The highest BCUT2D eigenvalue weighted by Crippen LogP contribution is 2.37. The molecule has 0 aromatic heterocycles. The maximum atomic E-state index is 13.1. The first-order valence-electron chi connectivity index (χ1n) is 10.9. The van der Waals surface area contributed by atoms with Crippen LogP contribution in [0.15, 0.2) is 36.4 Å². The second kappa shape index (κ2) is 9.11. The molecule has 1 unspecified atom stereocenters. The molecule has 174 valence electrons. The molecule has 9 heteroatoms. The Morgan fingerprint density at radius 3 is 2.27 bits per heavy atom. The van der Waals surface area contributed by atoms with Crippen molar-refractivity contribution in [2.24, 2.45) is 5.73 Å². The maximum absolute atomic E-state index is 13.1. The summed E-state index contributed by atoms with van der Waals surface area (Å²) in [5.41, 5.74) is 8.31. The molecule has 1 fully saturated rings. The fourth-order valence-electron chi connectivity index (χ4n) is 4.55. The van der Waals surface area contributed by atoms with E-state index in [2.05, 4.69) is 5.32 Å². The van der Waals surface area contributed by atoms with Gasteiger partial charge in [-0.25, -0.2) is 4.79 Å². The molecule has 9 nitrogen and oxygen atoms in total. The number of nitrogens with one attached hydrogen (secondary N) is 1. The van der Waals surface area contributed by atoms with E-state index in [1.54, 1.807) is 24.3 Å². The van der Waals surface area contributed by atoms with E-state index in [-0.39, 0.29) is 30.2 Å². The zero-order valence-corrected chi connectivity index (χ0v) is 18.3. The molecular weight excluding hydrogens is 426 g/mol. The molecule has 0 aliphatic carbocycles. The summed E-state index contributed by atoms with van der Waals surface area (Å²) in [5, 5.41) is 23.7. The van der Waals surface area contributed by atoms with Gasteiger partial charge in [-0.15, -0.1) is 0 Å². The van der Waals surface area contributed by atoms with Crippen LogP contribution < -0.4 is 11.1 Å². The van der Waals surface area contributed by atoms with Crippen LogP contribution in [0.4, 0.5) is 0 Å². The van der Waals surface area contributed by atoms with Crippen molar-refractivity contribution in [3.05, 3.63) is 47.5 Å². The van der Waals surface area contributed by atoms with Gasteiger partial charge in [0.05, 0.1) is 13.2 Å². The van der Waals surface area contributed by atoms with Crippen LogP contribution in [0, 0.1) is 0 Å². The number of aromatic hydroxyl groups is 2. The molecule has 2 heterocycles. The van der Waals surface area contributed by atoms with E-state index in [4.69, 9.17) is 10.5 Å². The van der Waals surface area contributed by atoms with Crippen LogP contribution in [0.5, 0.6) is 11.5 Å². The topological polar surface area (TPSA) is 142 Å². The van der Waals surface area contributed by atoms with Crippen molar-refractivity contribution < 1.29 is 29.3 Å². The largest absolute Gasteiger partial charge is 0.507 e. The average molecular weight is 453 g/mol. The molecule has 3 atom stereocenters. The first-order valence-corrected chi connectivity index (χ1v) is 10.9. The predicted octanol–water partition coefficient (Wildman–Crippen LogP) is 0.839. The number of hydrogen-bond acceptors (Lipinski definition) is 7. The number of esters is 1. The van der Waals surface area contributed by atoms with E-state index >= 15 is 0 Å². The van der Waals surface area contributed by atoms with Crippen molar-refractivity contribution in [2.75, 3.05) is 13.7 Å². The minimum Gasteiger partial charge on any atom is -0.507 e. The third kappa shape index (κ3) is 4.49. The number of benzene rings is 2. The molecule has 2 aliphatic rings. The number of nitrogens with two attached hydrogens (primary N) is 1. The Morgan fingerprint density at radius 1 is 1.06 bits per heavy atom. The maximum Gasteiger partial charge on any atom is 0.328 e. The fourth-order valence-corrected chi connectivity index (χ4v) is 4.55. The van der Waals surface area contributed by atoms with Gasteiger partial charge in [-0.2, -0.15) is 0 Å². The average Bonchev–Trinajstić information content (AvgIpc) is 3.29. The van der Waals surface area contributed by atoms with Crippen molar-refractivity contribution in [3.8, 4) is 22.6 Å². The molecule has 2 aromatic rings. The number of amides is 2. The lowest BCUT2D eigenvalue weighted by Crippen LogP contribution is -2.54. The first kappa shape index (κ1) is 22.6. The Labute approximate surface area is 191 Å². The molecule has 2 amide bonds. The number of phenols is 2. The van der Waals surface area contributed by atoms with Crippen molar-refractivity contribution in [1.29, 1.82) is 0 Å². The molecule has 2 aromatic carbocycles. The molecule has 0 saturated carbocycles. The van der Waals surface area contributed by atoms with Crippen molar-refractivity contribution in [2.45, 2.75) is 43.8 Å². The second-order valence-corrected chi connectivity index (χ2v) is 8.49.